The summed E-state index contributed by atoms with van der Waals surface area (Å²) in [5.41, 5.74) is 0.709. The monoisotopic (exact) mass is 175 g/mol. The van der Waals surface area contributed by atoms with E-state index in [-0.39, 0.29) is 0 Å². The maximum Gasteiger partial charge on any atom is 0.111 e. The van der Waals surface area contributed by atoms with E-state index in [4.69, 9.17) is 0 Å². The smallest absolute Gasteiger partial charge is 0.111 e. The largest absolute Gasteiger partial charge is 0.144 e. The standard InChI is InChI=1S/C10H4FS/c11-5-3-8-1-2-9-4-6-12-10(9)7-8/h1-2,6-7H. The first-order valence-electron chi connectivity index (χ1n) is 3.41. The van der Waals surface area contributed by atoms with Crippen LogP contribution in [0.5, 0.6) is 0 Å². The fraction of sp³-hybridized carbons (Fsp3) is 0. The Balaban J connectivity index is 2.65. The average Bonchev–Trinajstić information content (AvgIpc) is 2.51. The van der Waals surface area contributed by atoms with Gasteiger partial charge in [-0.25, -0.2) is 0 Å². The van der Waals surface area contributed by atoms with Crippen LogP contribution in [0, 0.1) is 18.2 Å². The van der Waals surface area contributed by atoms with Gasteiger partial charge in [-0.15, -0.1) is 15.7 Å². The Labute approximate surface area is 73.6 Å². The number of fused-ring (bicyclic) bond motifs is 1. The zero-order chi connectivity index (χ0) is 8.39. The van der Waals surface area contributed by atoms with Gasteiger partial charge in [-0.1, -0.05) is 6.07 Å². The minimum absolute atomic E-state index is 0.709. The Bertz CT molecular complexity index is 459. The molecule has 0 fully saturated rings. The number of hydrogen-bond acceptors (Lipinski definition) is 1. The molecule has 2 heteroatoms. The van der Waals surface area contributed by atoms with E-state index in [0.29, 0.717) is 5.56 Å². The van der Waals surface area contributed by atoms with E-state index >= 15 is 0 Å². The first-order chi connectivity index (χ1) is 5.90. The Morgan fingerprint density at radius 1 is 1.42 bits per heavy atom. The summed E-state index contributed by atoms with van der Waals surface area (Å²) in [7, 11) is 0. The summed E-state index contributed by atoms with van der Waals surface area (Å²) in [6.07, 6.45) is 1.39. The van der Waals surface area contributed by atoms with E-state index in [9.17, 15) is 4.39 Å². The molecule has 0 aliphatic rings. The van der Waals surface area contributed by atoms with Crippen LogP contribution in [0.2, 0.25) is 0 Å². The fourth-order valence-electron chi connectivity index (χ4n) is 1.03. The van der Waals surface area contributed by atoms with Crippen LogP contribution in [0.25, 0.3) is 10.1 Å². The van der Waals surface area contributed by atoms with Gasteiger partial charge in [-0.3, -0.25) is 0 Å². The Kier molecular flexibility index (Phi) is 1.81. The molecule has 0 saturated heterocycles. The fourth-order valence-corrected chi connectivity index (χ4v) is 1.79. The average molecular weight is 175 g/mol. The Morgan fingerprint density at radius 2 is 2.33 bits per heavy atom. The van der Waals surface area contributed by atoms with Crippen molar-refractivity contribution in [1.29, 1.82) is 0 Å². The van der Waals surface area contributed by atoms with Gasteiger partial charge >= 0.3 is 0 Å². The second-order valence-electron chi connectivity index (χ2n) is 2.31. The van der Waals surface area contributed by atoms with Crippen molar-refractivity contribution in [3.63, 3.8) is 0 Å². The molecule has 57 valence electrons. The van der Waals surface area contributed by atoms with E-state index in [1.165, 1.54) is 6.17 Å². The van der Waals surface area contributed by atoms with Gasteiger partial charge in [0, 0.05) is 21.7 Å². The van der Waals surface area contributed by atoms with Gasteiger partial charge in [0.05, 0.1) is 0 Å². The van der Waals surface area contributed by atoms with Crippen LogP contribution >= 0.6 is 11.3 Å². The summed E-state index contributed by atoms with van der Waals surface area (Å²) >= 11 is 1.58. The molecule has 0 nitrogen and oxygen atoms in total. The van der Waals surface area contributed by atoms with Crippen LogP contribution < -0.4 is 0 Å². The van der Waals surface area contributed by atoms with Crippen molar-refractivity contribution in [2.24, 2.45) is 0 Å². The normalized spacial score (nSPS) is 9.42. The van der Waals surface area contributed by atoms with Crippen molar-refractivity contribution in [1.82, 2.24) is 0 Å². The lowest BCUT2D eigenvalue weighted by molar-refractivity contribution is 0.774. The number of hydrogen-bond donors (Lipinski definition) is 0. The van der Waals surface area contributed by atoms with Crippen LogP contribution in [-0.2, 0) is 0 Å². The van der Waals surface area contributed by atoms with Gasteiger partial charge in [0.2, 0.25) is 0 Å². The molecule has 0 aliphatic heterocycles. The molecule has 1 aromatic carbocycles. The molecule has 0 unspecified atom stereocenters. The minimum atomic E-state index is 0.709. The summed E-state index contributed by atoms with van der Waals surface area (Å²) in [4.78, 5) is 0. The molecule has 0 bridgehead atoms. The highest BCUT2D eigenvalue weighted by Crippen LogP contribution is 2.20. The summed E-state index contributed by atoms with van der Waals surface area (Å²) in [5.74, 6) is 2.37. The van der Waals surface area contributed by atoms with Crippen LogP contribution in [0.4, 0.5) is 4.39 Å². The van der Waals surface area contributed by atoms with Crippen LogP contribution in [0.3, 0.4) is 0 Å². The highest BCUT2D eigenvalue weighted by atomic mass is 32.1. The zero-order valence-corrected chi connectivity index (χ0v) is 6.91. The molecule has 0 atom stereocenters. The lowest BCUT2D eigenvalue weighted by Gasteiger charge is -1.89. The third kappa shape index (κ3) is 1.19. The molecule has 12 heavy (non-hydrogen) atoms. The molecule has 2 aromatic rings. The summed E-state index contributed by atoms with van der Waals surface area (Å²) in [6.45, 7) is 0. The van der Waals surface area contributed by atoms with E-state index < -0.39 is 0 Å². The van der Waals surface area contributed by atoms with E-state index in [1.807, 2.05) is 17.5 Å². The molecule has 0 aliphatic carbocycles. The van der Waals surface area contributed by atoms with Crippen molar-refractivity contribution in [2.45, 2.75) is 0 Å². The summed E-state index contributed by atoms with van der Waals surface area (Å²) in [6, 6.07) is 8.61. The highest BCUT2D eigenvalue weighted by molar-refractivity contribution is 7.17. The van der Waals surface area contributed by atoms with Crippen molar-refractivity contribution in [3.8, 4) is 12.1 Å². The minimum Gasteiger partial charge on any atom is -0.144 e. The van der Waals surface area contributed by atoms with Gasteiger partial charge in [-0.05, 0) is 23.4 Å². The Morgan fingerprint density at radius 3 is 3.17 bits per heavy atom. The third-order valence-electron chi connectivity index (χ3n) is 1.57. The third-order valence-corrected chi connectivity index (χ3v) is 2.40. The zero-order valence-electron chi connectivity index (χ0n) is 6.10. The van der Waals surface area contributed by atoms with Crippen LogP contribution in [-0.4, -0.2) is 0 Å². The van der Waals surface area contributed by atoms with Crippen molar-refractivity contribution < 1.29 is 4.39 Å². The molecule has 0 N–H and O–H groups in total. The van der Waals surface area contributed by atoms with Crippen molar-refractivity contribution in [2.75, 3.05) is 0 Å². The first kappa shape index (κ1) is 7.33. The van der Waals surface area contributed by atoms with Crippen molar-refractivity contribution in [3.05, 3.63) is 35.2 Å². The van der Waals surface area contributed by atoms with E-state index in [1.54, 1.807) is 17.4 Å². The van der Waals surface area contributed by atoms with Gasteiger partial charge in [0.1, 0.15) is 6.17 Å². The number of rotatable bonds is 0. The predicted molar refractivity (Wildman–Crippen MR) is 48.6 cm³/mol. The van der Waals surface area contributed by atoms with E-state index in [0.717, 1.165) is 10.1 Å². The molecular weight excluding hydrogens is 171 g/mol. The molecule has 1 radical (unpaired) electrons. The first-order valence-corrected chi connectivity index (χ1v) is 4.29. The molecule has 0 spiro atoms. The van der Waals surface area contributed by atoms with Gasteiger partial charge in [0.25, 0.3) is 0 Å². The molecule has 1 aromatic heterocycles. The maximum atomic E-state index is 11.6. The van der Waals surface area contributed by atoms with Gasteiger partial charge < -0.3 is 0 Å². The van der Waals surface area contributed by atoms with E-state index in [2.05, 4.69) is 12.0 Å². The predicted octanol–water partition coefficient (Wildman–Crippen LogP) is 2.98. The van der Waals surface area contributed by atoms with Gasteiger partial charge in [-0.2, -0.15) is 0 Å². The maximum absolute atomic E-state index is 11.6. The van der Waals surface area contributed by atoms with Crippen LogP contribution in [0.1, 0.15) is 5.56 Å². The number of thiophene rings is 1. The molecule has 2 rings (SSSR count). The summed E-state index contributed by atoms with van der Waals surface area (Å²) < 4.78 is 12.7. The highest BCUT2D eigenvalue weighted by Gasteiger charge is 1.94. The molecule has 0 amide bonds. The number of halogens is 1. The SMILES string of the molecule is FC#Cc1ccc2[c]csc2c1. The lowest BCUT2D eigenvalue weighted by atomic mass is 10.2. The van der Waals surface area contributed by atoms with Gasteiger partial charge in [0.15, 0.2) is 0 Å². The lowest BCUT2D eigenvalue weighted by Crippen LogP contribution is -1.70. The molecule has 1 heterocycles. The second kappa shape index (κ2) is 2.96. The quantitative estimate of drug-likeness (QED) is 0.540. The molecule has 0 saturated carbocycles. The Hall–Kier alpha value is -1.33. The second-order valence-corrected chi connectivity index (χ2v) is 3.22. The van der Waals surface area contributed by atoms with Crippen molar-refractivity contribution >= 4 is 21.4 Å². The summed E-state index contributed by atoms with van der Waals surface area (Å²) in [5, 5.41) is 2.95. The number of benzene rings is 1. The van der Waals surface area contributed by atoms with Crippen LogP contribution in [0.15, 0.2) is 23.6 Å². The topological polar surface area (TPSA) is 0 Å². The molecular formula is C10H4FS.